The molecule has 2 N–H and O–H groups in total. The van der Waals surface area contributed by atoms with Crippen LogP contribution in [0.5, 0.6) is 5.75 Å². The van der Waals surface area contributed by atoms with Gasteiger partial charge in [0.25, 0.3) is 0 Å². The van der Waals surface area contributed by atoms with Crippen LogP contribution >= 0.6 is 0 Å². The van der Waals surface area contributed by atoms with Gasteiger partial charge in [0, 0.05) is 25.2 Å². The second kappa shape index (κ2) is 7.97. The number of nitrogens with zero attached hydrogens (tertiary/aromatic N) is 1. The van der Waals surface area contributed by atoms with Crippen LogP contribution in [0.15, 0.2) is 18.2 Å². The second-order valence-electron chi connectivity index (χ2n) is 6.15. The highest BCUT2D eigenvalue weighted by atomic mass is 19.4. The number of nitrogens with one attached hydrogen (secondary N) is 1. The second-order valence-corrected chi connectivity index (χ2v) is 6.15. The van der Waals surface area contributed by atoms with Gasteiger partial charge in [0.15, 0.2) is 0 Å². The number of hydrogen-bond acceptors (Lipinski definition) is 3. The minimum absolute atomic E-state index is 0.172. The summed E-state index contributed by atoms with van der Waals surface area (Å²) in [5.74, 6) is -5.74. The molecule has 1 saturated heterocycles. The smallest absolute Gasteiger partial charge is 0.394 e. The van der Waals surface area contributed by atoms with Gasteiger partial charge in [0.1, 0.15) is 5.75 Å². The minimum atomic E-state index is -4.76. The molecule has 27 heavy (non-hydrogen) atoms. The number of hydrogen-bond donors (Lipinski definition) is 2. The molecule has 0 aliphatic carbocycles. The van der Waals surface area contributed by atoms with Gasteiger partial charge in [-0.25, -0.2) is 4.79 Å². The average molecular weight is 396 g/mol. The third kappa shape index (κ3) is 5.20. The largest absolute Gasteiger partial charge is 0.481 e. The molecule has 0 saturated carbocycles. The molecule has 0 aromatic heterocycles. The number of aliphatic carboxylic acids is 1. The summed E-state index contributed by atoms with van der Waals surface area (Å²) in [7, 11) is 0. The molecule has 150 valence electrons. The number of aryl methyl sites for hydroxylation is 1. The van der Waals surface area contributed by atoms with E-state index in [1.165, 1.54) is 18.2 Å². The van der Waals surface area contributed by atoms with Gasteiger partial charge in [-0.2, -0.15) is 22.0 Å². The molecule has 1 heterocycles. The highest BCUT2D eigenvalue weighted by Gasteiger charge is 2.53. The zero-order valence-electron chi connectivity index (χ0n) is 14.1. The molecule has 1 aromatic rings. The van der Waals surface area contributed by atoms with Gasteiger partial charge in [-0.3, -0.25) is 4.79 Å². The summed E-state index contributed by atoms with van der Waals surface area (Å²) in [6, 6.07) is 3.38. The SMILES string of the molecule is Cc1ccc(OC(F)F)c(CNC(=O)N2C[C@@H](C(F)(F)F)[C@H](C(=O)O)C2)c1. The van der Waals surface area contributed by atoms with Crippen LogP contribution in [0.3, 0.4) is 0 Å². The Balaban J connectivity index is 2.06. The molecule has 1 fully saturated rings. The normalized spacial score (nSPS) is 20.0. The number of likely N-dealkylation sites (tertiary alicyclic amines) is 1. The number of carbonyl (C=O) groups is 2. The van der Waals surface area contributed by atoms with Crippen molar-refractivity contribution in [1.29, 1.82) is 0 Å². The fourth-order valence-corrected chi connectivity index (χ4v) is 2.89. The van der Waals surface area contributed by atoms with E-state index in [1.54, 1.807) is 6.92 Å². The molecule has 1 aromatic carbocycles. The van der Waals surface area contributed by atoms with Crippen LogP contribution in [-0.4, -0.2) is 47.9 Å². The predicted molar refractivity (Wildman–Crippen MR) is 82.3 cm³/mol. The Labute approximate surface area is 150 Å². The summed E-state index contributed by atoms with van der Waals surface area (Å²) in [5, 5.41) is 11.3. The lowest BCUT2D eigenvalue weighted by molar-refractivity contribution is -0.187. The number of benzene rings is 1. The Hall–Kier alpha value is -2.59. The molecule has 1 aliphatic heterocycles. The molecule has 2 amide bonds. The first-order valence-corrected chi connectivity index (χ1v) is 7.85. The van der Waals surface area contributed by atoms with Crippen molar-refractivity contribution in [3.8, 4) is 5.75 Å². The lowest BCUT2D eigenvalue weighted by Gasteiger charge is -2.19. The summed E-state index contributed by atoms with van der Waals surface area (Å²) in [6.45, 7) is -3.05. The van der Waals surface area contributed by atoms with Gasteiger partial charge in [-0.15, -0.1) is 0 Å². The van der Waals surface area contributed by atoms with E-state index in [-0.39, 0.29) is 17.9 Å². The van der Waals surface area contributed by atoms with Crippen molar-refractivity contribution in [3.63, 3.8) is 0 Å². The molecule has 0 spiro atoms. The van der Waals surface area contributed by atoms with Gasteiger partial charge in [0.05, 0.1) is 11.8 Å². The molecule has 11 heteroatoms. The summed E-state index contributed by atoms with van der Waals surface area (Å²) in [5.41, 5.74) is 0.912. The summed E-state index contributed by atoms with van der Waals surface area (Å²) >= 11 is 0. The molecule has 0 unspecified atom stereocenters. The number of rotatable bonds is 5. The fraction of sp³-hybridized carbons (Fsp3) is 0.500. The van der Waals surface area contributed by atoms with Crippen LogP contribution in [0, 0.1) is 18.8 Å². The van der Waals surface area contributed by atoms with E-state index >= 15 is 0 Å². The average Bonchev–Trinajstić information content (AvgIpc) is 3.00. The Morgan fingerprint density at radius 3 is 2.52 bits per heavy atom. The van der Waals surface area contributed by atoms with E-state index in [2.05, 4.69) is 10.1 Å². The third-order valence-corrected chi connectivity index (χ3v) is 4.21. The third-order valence-electron chi connectivity index (χ3n) is 4.21. The number of carbonyl (C=O) groups excluding carboxylic acids is 1. The Kier molecular flexibility index (Phi) is 6.11. The Morgan fingerprint density at radius 2 is 2.00 bits per heavy atom. The van der Waals surface area contributed by atoms with Crippen molar-refractivity contribution in [3.05, 3.63) is 29.3 Å². The minimum Gasteiger partial charge on any atom is -0.481 e. The van der Waals surface area contributed by atoms with Crippen LogP contribution in [0.25, 0.3) is 0 Å². The lowest BCUT2D eigenvalue weighted by Crippen LogP contribution is -2.39. The number of carboxylic acids is 1. The molecule has 6 nitrogen and oxygen atoms in total. The first kappa shape index (κ1) is 20.7. The number of halogens is 5. The van der Waals surface area contributed by atoms with Crippen LogP contribution < -0.4 is 10.1 Å². The van der Waals surface area contributed by atoms with E-state index < -0.39 is 49.7 Å². The van der Waals surface area contributed by atoms with E-state index in [1.807, 2.05) is 0 Å². The van der Waals surface area contributed by atoms with E-state index in [0.29, 0.717) is 5.56 Å². The van der Waals surface area contributed by atoms with Gasteiger partial charge in [-0.1, -0.05) is 17.7 Å². The van der Waals surface area contributed by atoms with Crippen LogP contribution in [0.2, 0.25) is 0 Å². The van der Waals surface area contributed by atoms with Gasteiger partial charge in [-0.05, 0) is 13.0 Å². The summed E-state index contributed by atoms with van der Waals surface area (Å²) in [6.07, 6.45) is -4.76. The number of ether oxygens (including phenoxy) is 1. The molecule has 1 aliphatic rings. The van der Waals surface area contributed by atoms with Gasteiger partial charge < -0.3 is 20.1 Å². The van der Waals surface area contributed by atoms with E-state index in [4.69, 9.17) is 5.11 Å². The molecular formula is C16H17F5N2O4. The highest BCUT2D eigenvalue weighted by Crippen LogP contribution is 2.37. The summed E-state index contributed by atoms with van der Waals surface area (Å²) < 4.78 is 68.1. The van der Waals surface area contributed by atoms with Crippen LogP contribution in [-0.2, 0) is 11.3 Å². The van der Waals surface area contributed by atoms with Gasteiger partial charge in [0.2, 0.25) is 0 Å². The number of alkyl halides is 5. The predicted octanol–water partition coefficient (Wildman–Crippen LogP) is 3.00. The van der Waals surface area contributed by atoms with Crippen LogP contribution in [0.1, 0.15) is 11.1 Å². The van der Waals surface area contributed by atoms with E-state index in [0.717, 1.165) is 4.90 Å². The van der Waals surface area contributed by atoms with Crippen molar-refractivity contribution in [1.82, 2.24) is 10.2 Å². The van der Waals surface area contributed by atoms with Crippen LogP contribution in [0.4, 0.5) is 26.7 Å². The first-order valence-electron chi connectivity index (χ1n) is 7.85. The fourth-order valence-electron chi connectivity index (χ4n) is 2.89. The maximum Gasteiger partial charge on any atom is 0.394 e. The number of carboxylic acid groups (broad SMARTS) is 1. The Bertz CT molecular complexity index is 711. The van der Waals surface area contributed by atoms with Crippen molar-refractivity contribution < 1.29 is 41.4 Å². The zero-order chi connectivity index (χ0) is 20.4. The molecular weight excluding hydrogens is 379 g/mol. The van der Waals surface area contributed by atoms with Crippen molar-refractivity contribution in [2.75, 3.05) is 13.1 Å². The van der Waals surface area contributed by atoms with Crippen molar-refractivity contribution in [2.24, 2.45) is 11.8 Å². The van der Waals surface area contributed by atoms with Crippen molar-refractivity contribution in [2.45, 2.75) is 26.3 Å². The maximum atomic E-state index is 13.0. The topological polar surface area (TPSA) is 78.9 Å². The first-order chi connectivity index (χ1) is 12.5. The molecule has 0 radical (unpaired) electrons. The number of urea groups is 1. The molecule has 2 rings (SSSR count). The quantitative estimate of drug-likeness (QED) is 0.750. The van der Waals surface area contributed by atoms with E-state index in [9.17, 15) is 31.5 Å². The van der Waals surface area contributed by atoms with Crippen molar-refractivity contribution >= 4 is 12.0 Å². The lowest BCUT2D eigenvalue weighted by atomic mass is 9.96. The zero-order valence-corrected chi connectivity index (χ0v) is 14.1. The molecule has 2 atom stereocenters. The maximum absolute atomic E-state index is 13.0. The highest BCUT2D eigenvalue weighted by molar-refractivity contribution is 5.77. The Morgan fingerprint density at radius 1 is 1.33 bits per heavy atom. The summed E-state index contributed by atoms with van der Waals surface area (Å²) in [4.78, 5) is 23.9. The molecule has 0 bridgehead atoms. The van der Waals surface area contributed by atoms with Gasteiger partial charge >= 0.3 is 24.8 Å². The standard InChI is InChI=1S/C16H17F5N2O4/c1-8-2-3-12(27-14(17)18)9(4-8)5-22-15(26)23-6-10(13(24)25)11(7-23)16(19,20)21/h2-4,10-11,14H,5-7H2,1H3,(H,22,26)(H,24,25)/t10-,11-/m1/s1. The monoisotopic (exact) mass is 396 g/mol. The number of amides is 2.